The van der Waals surface area contributed by atoms with Crippen LogP contribution >= 0.6 is 11.6 Å². The van der Waals surface area contributed by atoms with Crippen molar-refractivity contribution >= 4 is 33.2 Å². The standard InChI is InChI=1S/C25H27ClN2O4S/c1-4-23(19-13-15-20(32-3)16-14-19)27-25(29)17-28(24-12-8-11-22(26)18(24)2)33(30,31)21-9-6-5-7-10-21/h5-16,23H,4,17H2,1-3H3,(H,27,29). The molecule has 1 amide bonds. The lowest BCUT2D eigenvalue weighted by molar-refractivity contribution is -0.120. The first kappa shape index (κ1) is 24.6. The van der Waals surface area contributed by atoms with Gasteiger partial charge < -0.3 is 10.1 Å². The van der Waals surface area contributed by atoms with Crippen molar-refractivity contribution in [3.63, 3.8) is 0 Å². The molecular weight excluding hydrogens is 460 g/mol. The van der Waals surface area contributed by atoms with E-state index < -0.39 is 15.9 Å². The van der Waals surface area contributed by atoms with E-state index in [4.69, 9.17) is 16.3 Å². The van der Waals surface area contributed by atoms with E-state index >= 15 is 0 Å². The van der Waals surface area contributed by atoms with Crippen LogP contribution in [0.15, 0.2) is 77.7 Å². The third-order valence-corrected chi connectivity index (χ3v) is 7.57. The van der Waals surface area contributed by atoms with E-state index in [1.807, 2.05) is 31.2 Å². The molecule has 0 aliphatic heterocycles. The number of nitrogens with one attached hydrogen (secondary N) is 1. The molecule has 0 radical (unpaired) electrons. The van der Waals surface area contributed by atoms with Crippen LogP contribution in [0.2, 0.25) is 5.02 Å². The predicted molar refractivity (Wildman–Crippen MR) is 131 cm³/mol. The summed E-state index contributed by atoms with van der Waals surface area (Å²) in [5.41, 5.74) is 1.84. The normalized spacial score (nSPS) is 12.1. The number of hydrogen-bond donors (Lipinski definition) is 1. The summed E-state index contributed by atoms with van der Waals surface area (Å²) in [5, 5.41) is 3.38. The summed E-state index contributed by atoms with van der Waals surface area (Å²) in [6.07, 6.45) is 0.639. The summed E-state index contributed by atoms with van der Waals surface area (Å²) in [4.78, 5) is 13.2. The van der Waals surface area contributed by atoms with Crippen LogP contribution in [0.25, 0.3) is 0 Å². The van der Waals surface area contributed by atoms with Crippen LogP contribution in [0.5, 0.6) is 5.75 Å². The van der Waals surface area contributed by atoms with Crippen LogP contribution in [0.1, 0.15) is 30.5 Å². The van der Waals surface area contributed by atoms with Gasteiger partial charge in [0.15, 0.2) is 0 Å². The minimum absolute atomic E-state index is 0.0966. The maximum absolute atomic E-state index is 13.5. The molecule has 1 unspecified atom stereocenters. The first-order chi connectivity index (χ1) is 15.8. The highest BCUT2D eigenvalue weighted by molar-refractivity contribution is 7.92. The van der Waals surface area contributed by atoms with Crippen LogP contribution < -0.4 is 14.4 Å². The molecule has 0 aliphatic rings. The number of hydrogen-bond acceptors (Lipinski definition) is 4. The van der Waals surface area contributed by atoms with Gasteiger partial charge in [-0.05, 0) is 60.9 Å². The maximum Gasteiger partial charge on any atom is 0.264 e. The number of anilines is 1. The highest BCUT2D eigenvalue weighted by Gasteiger charge is 2.29. The zero-order valence-electron chi connectivity index (χ0n) is 18.8. The smallest absolute Gasteiger partial charge is 0.264 e. The fourth-order valence-electron chi connectivity index (χ4n) is 3.51. The van der Waals surface area contributed by atoms with Crippen molar-refractivity contribution in [2.45, 2.75) is 31.2 Å². The Kier molecular flexibility index (Phi) is 8.00. The van der Waals surface area contributed by atoms with Gasteiger partial charge in [0, 0.05) is 5.02 Å². The molecule has 0 bridgehead atoms. The summed E-state index contributed by atoms with van der Waals surface area (Å²) in [5.74, 6) is 0.299. The minimum Gasteiger partial charge on any atom is -0.497 e. The second kappa shape index (κ2) is 10.7. The van der Waals surface area contributed by atoms with Gasteiger partial charge >= 0.3 is 0 Å². The number of carbonyl (C=O) groups excluding carboxylic acids is 1. The highest BCUT2D eigenvalue weighted by atomic mass is 35.5. The van der Waals surface area contributed by atoms with Crippen molar-refractivity contribution in [1.29, 1.82) is 0 Å². The first-order valence-corrected chi connectivity index (χ1v) is 12.4. The van der Waals surface area contributed by atoms with Gasteiger partial charge in [-0.25, -0.2) is 8.42 Å². The molecule has 0 saturated carbocycles. The highest BCUT2D eigenvalue weighted by Crippen LogP contribution is 2.31. The van der Waals surface area contributed by atoms with Crippen molar-refractivity contribution < 1.29 is 17.9 Å². The quantitative estimate of drug-likeness (QED) is 0.455. The molecule has 0 aromatic heterocycles. The third-order valence-electron chi connectivity index (χ3n) is 5.39. The number of benzene rings is 3. The number of methoxy groups -OCH3 is 1. The molecule has 0 saturated heterocycles. The zero-order valence-corrected chi connectivity index (χ0v) is 20.4. The van der Waals surface area contributed by atoms with Gasteiger partial charge in [-0.3, -0.25) is 9.10 Å². The van der Waals surface area contributed by atoms with E-state index in [0.717, 1.165) is 15.6 Å². The molecule has 1 N–H and O–H groups in total. The monoisotopic (exact) mass is 486 g/mol. The molecule has 33 heavy (non-hydrogen) atoms. The number of halogens is 1. The number of amides is 1. The number of sulfonamides is 1. The Balaban J connectivity index is 1.92. The Morgan fingerprint density at radius 2 is 1.70 bits per heavy atom. The lowest BCUT2D eigenvalue weighted by Crippen LogP contribution is -2.42. The topological polar surface area (TPSA) is 75.7 Å². The van der Waals surface area contributed by atoms with Gasteiger partial charge in [0.1, 0.15) is 12.3 Å². The van der Waals surface area contributed by atoms with Crippen molar-refractivity contribution in [2.24, 2.45) is 0 Å². The molecule has 174 valence electrons. The van der Waals surface area contributed by atoms with Gasteiger partial charge in [-0.1, -0.05) is 54.9 Å². The Labute approximate surface area is 200 Å². The van der Waals surface area contributed by atoms with Crippen LogP contribution in [0.4, 0.5) is 5.69 Å². The minimum atomic E-state index is -4.01. The molecule has 3 aromatic rings. The molecular formula is C25H27ClN2O4S. The molecule has 0 spiro atoms. The largest absolute Gasteiger partial charge is 0.497 e. The summed E-state index contributed by atoms with van der Waals surface area (Å²) < 4.78 is 33.3. The van der Waals surface area contributed by atoms with Crippen molar-refractivity contribution in [1.82, 2.24) is 5.32 Å². The van der Waals surface area contributed by atoms with Crippen molar-refractivity contribution in [2.75, 3.05) is 18.0 Å². The van der Waals surface area contributed by atoms with E-state index in [1.54, 1.807) is 50.4 Å². The summed E-state index contributed by atoms with van der Waals surface area (Å²) in [6.45, 7) is 3.30. The van der Waals surface area contributed by atoms with Gasteiger partial charge in [0.25, 0.3) is 10.0 Å². The van der Waals surface area contributed by atoms with Crippen LogP contribution in [-0.4, -0.2) is 28.0 Å². The number of ether oxygens (including phenoxy) is 1. The van der Waals surface area contributed by atoms with E-state index in [-0.39, 0.29) is 17.5 Å². The summed E-state index contributed by atoms with van der Waals surface area (Å²) >= 11 is 6.27. The molecule has 6 nitrogen and oxygen atoms in total. The lowest BCUT2D eigenvalue weighted by atomic mass is 10.0. The third kappa shape index (κ3) is 5.67. The molecule has 0 aliphatic carbocycles. The van der Waals surface area contributed by atoms with E-state index in [2.05, 4.69) is 5.32 Å². The Hall–Kier alpha value is -3.03. The first-order valence-electron chi connectivity index (χ1n) is 10.5. The molecule has 3 rings (SSSR count). The Morgan fingerprint density at radius 1 is 1.03 bits per heavy atom. The Morgan fingerprint density at radius 3 is 2.30 bits per heavy atom. The molecule has 0 fully saturated rings. The second-order valence-electron chi connectivity index (χ2n) is 7.51. The molecule has 3 aromatic carbocycles. The number of rotatable bonds is 9. The SMILES string of the molecule is CCC(NC(=O)CN(c1cccc(Cl)c1C)S(=O)(=O)c1ccccc1)c1ccc(OC)cc1. The van der Waals surface area contributed by atoms with Crippen LogP contribution in [0, 0.1) is 6.92 Å². The summed E-state index contributed by atoms with van der Waals surface area (Å²) in [6, 6.07) is 20.2. The van der Waals surface area contributed by atoms with Gasteiger partial charge in [-0.2, -0.15) is 0 Å². The fraction of sp³-hybridized carbons (Fsp3) is 0.240. The number of carbonyl (C=O) groups is 1. The molecule has 8 heteroatoms. The van der Waals surface area contributed by atoms with E-state index in [1.165, 1.54) is 12.1 Å². The summed E-state index contributed by atoms with van der Waals surface area (Å²) in [7, 11) is -2.42. The van der Waals surface area contributed by atoms with Crippen LogP contribution in [-0.2, 0) is 14.8 Å². The predicted octanol–water partition coefficient (Wildman–Crippen LogP) is 5.12. The average Bonchev–Trinajstić information content (AvgIpc) is 2.83. The zero-order chi connectivity index (χ0) is 24.0. The average molecular weight is 487 g/mol. The van der Waals surface area contributed by atoms with E-state index in [0.29, 0.717) is 22.7 Å². The molecule has 0 heterocycles. The second-order valence-corrected chi connectivity index (χ2v) is 9.78. The van der Waals surface area contributed by atoms with Gasteiger partial charge in [0.2, 0.25) is 5.91 Å². The lowest BCUT2D eigenvalue weighted by Gasteiger charge is -2.27. The molecule has 1 atom stereocenters. The van der Waals surface area contributed by atoms with Gasteiger partial charge in [0.05, 0.1) is 23.7 Å². The van der Waals surface area contributed by atoms with Crippen molar-refractivity contribution in [3.8, 4) is 5.75 Å². The maximum atomic E-state index is 13.5. The van der Waals surface area contributed by atoms with E-state index in [9.17, 15) is 13.2 Å². The fourth-order valence-corrected chi connectivity index (χ4v) is 5.18. The van der Waals surface area contributed by atoms with Gasteiger partial charge in [-0.15, -0.1) is 0 Å². The Bertz CT molecular complexity index is 1200. The van der Waals surface area contributed by atoms with Crippen LogP contribution in [0.3, 0.4) is 0 Å². The number of nitrogens with zero attached hydrogens (tertiary/aromatic N) is 1. The van der Waals surface area contributed by atoms with Crippen molar-refractivity contribution in [3.05, 3.63) is 88.9 Å².